The van der Waals surface area contributed by atoms with Crippen LogP contribution in [-0.2, 0) is 4.79 Å². The van der Waals surface area contributed by atoms with Crippen molar-refractivity contribution >= 4 is 17.4 Å². The highest BCUT2D eigenvalue weighted by molar-refractivity contribution is 5.99. The van der Waals surface area contributed by atoms with Gasteiger partial charge in [-0.05, 0) is 77.5 Å². The molecule has 2 heterocycles. The van der Waals surface area contributed by atoms with E-state index in [4.69, 9.17) is 4.98 Å². The molecule has 2 atom stereocenters. The number of nitrogens with zero attached hydrogens (tertiary/aromatic N) is 5. The molecule has 0 spiro atoms. The zero-order valence-corrected chi connectivity index (χ0v) is 18.8. The Labute approximate surface area is 179 Å². The van der Waals surface area contributed by atoms with Crippen molar-refractivity contribution in [3.63, 3.8) is 0 Å². The van der Waals surface area contributed by atoms with Gasteiger partial charge in [-0.25, -0.2) is 4.98 Å². The molecule has 6 nitrogen and oxygen atoms in total. The summed E-state index contributed by atoms with van der Waals surface area (Å²) in [5, 5.41) is 9.79. The molecule has 1 aromatic heterocycles. The lowest BCUT2D eigenvalue weighted by Gasteiger charge is -2.31. The fraction of sp³-hybridized carbons (Fsp3) is 0.458. The largest absolute Gasteiger partial charge is 0.342 e. The molecular weight excluding hydrogens is 374 g/mol. The van der Waals surface area contributed by atoms with Crippen LogP contribution in [0.1, 0.15) is 35.7 Å². The smallest absolute Gasteiger partial charge is 0.249 e. The van der Waals surface area contributed by atoms with Crippen LogP contribution in [0, 0.1) is 32.1 Å². The summed E-state index contributed by atoms with van der Waals surface area (Å²) in [6.07, 6.45) is 0.702. The highest BCUT2D eigenvalue weighted by Gasteiger charge is 2.41. The number of likely N-dealkylation sites (N-methyl/N-ethyl adjacent to an activating group) is 2. The number of anilines is 2. The molecule has 1 amide bonds. The highest BCUT2D eigenvalue weighted by Crippen LogP contribution is 2.32. The molecule has 1 aromatic carbocycles. The van der Waals surface area contributed by atoms with Gasteiger partial charge in [-0.1, -0.05) is 12.1 Å². The molecule has 30 heavy (non-hydrogen) atoms. The summed E-state index contributed by atoms with van der Waals surface area (Å²) in [5.74, 6) is 0.676. The van der Waals surface area contributed by atoms with Crippen molar-refractivity contribution < 1.29 is 4.79 Å². The molecule has 1 saturated heterocycles. The number of aromatic nitrogens is 1. The van der Waals surface area contributed by atoms with E-state index in [2.05, 4.69) is 11.0 Å². The Bertz CT molecular complexity index is 978. The lowest BCUT2D eigenvalue weighted by atomic mass is 10.1. The van der Waals surface area contributed by atoms with Gasteiger partial charge < -0.3 is 14.7 Å². The SMILES string of the molecule is CCN(C(=O)[C@H]1C[C@@H](N(C)C)CN1c1nc(C)cc(C)c1C#N)c1cccc(C)c1. The minimum Gasteiger partial charge on any atom is -0.342 e. The van der Waals surface area contributed by atoms with Gasteiger partial charge in [0.1, 0.15) is 17.9 Å². The molecule has 1 aliphatic rings. The third kappa shape index (κ3) is 4.17. The van der Waals surface area contributed by atoms with Gasteiger partial charge in [0.2, 0.25) is 5.91 Å². The average Bonchev–Trinajstić information content (AvgIpc) is 3.13. The first-order valence-electron chi connectivity index (χ1n) is 10.5. The first-order chi connectivity index (χ1) is 14.3. The van der Waals surface area contributed by atoms with Gasteiger partial charge in [0.15, 0.2) is 0 Å². The zero-order chi connectivity index (χ0) is 22.0. The van der Waals surface area contributed by atoms with Crippen molar-refractivity contribution in [3.8, 4) is 6.07 Å². The Morgan fingerprint density at radius 3 is 2.60 bits per heavy atom. The topological polar surface area (TPSA) is 63.5 Å². The van der Waals surface area contributed by atoms with E-state index in [1.54, 1.807) is 0 Å². The number of rotatable bonds is 5. The van der Waals surface area contributed by atoms with Gasteiger partial charge in [0, 0.05) is 30.5 Å². The Balaban J connectivity index is 2.05. The molecule has 158 valence electrons. The number of nitriles is 1. The lowest BCUT2D eigenvalue weighted by molar-refractivity contribution is -0.119. The van der Waals surface area contributed by atoms with Crippen molar-refractivity contribution in [1.29, 1.82) is 5.26 Å². The molecule has 2 aromatic rings. The number of amides is 1. The number of aryl methyl sites for hydroxylation is 3. The van der Waals surface area contributed by atoms with Crippen LogP contribution in [0.5, 0.6) is 0 Å². The van der Waals surface area contributed by atoms with E-state index in [0.717, 1.165) is 22.5 Å². The van der Waals surface area contributed by atoms with Crippen molar-refractivity contribution in [2.75, 3.05) is 37.0 Å². The summed E-state index contributed by atoms with van der Waals surface area (Å²) in [7, 11) is 4.07. The zero-order valence-electron chi connectivity index (χ0n) is 18.8. The monoisotopic (exact) mass is 405 g/mol. The van der Waals surface area contributed by atoms with Crippen molar-refractivity contribution in [2.45, 2.75) is 46.2 Å². The first kappa shape index (κ1) is 21.8. The van der Waals surface area contributed by atoms with E-state index in [0.29, 0.717) is 30.9 Å². The second-order valence-corrected chi connectivity index (χ2v) is 8.33. The second kappa shape index (κ2) is 8.85. The van der Waals surface area contributed by atoms with Crippen LogP contribution in [0.25, 0.3) is 0 Å². The maximum absolute atomic E-state index is 13.8. The molecule has 1 aliphatic heterocycles. The summed E-state index contributed by atoms with van der Waals surface area (Å²) in [6, 6.07) is 12.1. The van der Waals surface area contributed by atoms with Crippen molar-refractivity contribution in [3.05, 3.63) is 52.7 Å². The summed E-state index contributed by atoms with van der Waals surface area (Å²) >= 11 is 0. The Hall–Kier alpha value is -2.91. The van der Waals surface area contributed by atoms with Gasteiger partial charge in [-0.15, -0.1) is 0 Å². The van der Waals surface area contributed by atoms with Gasteiger partial charge in [-0.3, -0.25) is 4.79 Å². The van der Waals surface area contributed by atoms with Crippen LogP contribution < -0.4 is 9.80 Å². The number of hydrogen-bond donors (Lipinski definition) is 0. The summed E-state index contributed by atoms with van der Waals surface area (Å²) < 4.78 is 0. The molecule has 0 bridgehead atoms. The lowest BCUT2D eigenvalue weighted by Crippen LogP contribution is -2.46. The minimum atomic E-state index is -0.362. The van der Waals surface area contributed by atoms with Crippen LogP contribution in [0.4, 0.5) is 11.5 Å². The number of pyridine rings is 1. The van der Waals surface area contributed by atoms with Crippen molar-refractivity contribution in [1.82, 2.24) is 9.88 Å². The van der Waals surface area contributed by atoms with E-state index in [1.807, 2.05) is 81.9 Å². The third-order valence-corrected chi connectivity index (χ3v) is 5.90. The normalized spacial score (nSPS) is 18.5. The Morgan fingerprint density at radius 2 is 2.00 bits per heavy atom. The highest BCUT2D eigenvalue weighted by atomic mass is 16.2. The van der Waals surface area contributed by atoms with E-state index < -0.39 is 0 Å². The fourth-order valence-corrected chi connectivity index (χ4v) is 4.26. The molecule has 0 N–H and O–H groups in total. The fourth-order valence-electron chi connectivity index (χ4n) is 4.26. The molecule has 0 radical (unpaired) electrons. The van der Waals surface area contributed by atoms with Gasteiger partial charge >= 0.3 is 0 Å². The number of carbonyl (C=O) groups is 1. The van der Waals surface area contributed by atoms with Crippen LogP contribution >= 0.6 is 0 Å². The Kier molecular flexibility index (Phi) is 6.42. The maximum atomic E-state index is 13.8. The molecule has 6 heteroatoms. The quantitative estimate of drug-likeness (QED) is 0.762. The number of hydrogen-bond acceptors (Lipinski definition) is 5. The van der Waals surface area contributed by atoms with Gasteiger partial charge in [0.05, 0.1) is 5.56 Å². The van der Waals surface area contributed by atoms with E-state index >= 15 is 0 Å². The predicted molar refractivity (Wildman–Crippen MR) is 121 cm³/mol. The van der Waals surface area contributed by atoms with Crippen LogP contribution in [-0.4, -0.2) is 55.1 Å². The predicted octanol–water partition coefficient (Wildman–Crippen LogP) is 3.44. The van der Waals surface area contributed by atoms with Gasteiger partial charge in [0.25, 0.3) is 0 Å². The molecular formula is C24H31N5O. The number of carbonyl (C=O) groups excluding carboxylic acids is 1. The van der Waals surface area contributed by atoms with Crippen molar-refractivity contribution in [2.24, 2.45) is 0 Å². The van der Waals surface area contributed by atoms with Gasteiger partial charge in [-0.2, -0.15) is 5.26 Å². The summed E-state index contributed by atoms with van der Waals surface area (Å²) in [6.45, 7) is 9.14. The molecule has 0 unspecified atom stereocenters. The molecule has 3 rings (SSSR count). The summed E-state index contributed by atoms with van der Waals surface area (Å²) in [5.41, 5.74) is 4.33. The van der Waals surface area contributed by atoms with Crippen LogP contribution in [0.3, 0.4) is 0 Å². The molecule has 0 saturated carbocycles. The number of benzene rings is 1. The van der Waals surface area contributed by atoms with E-state index in [-0.39, 0.29) is 18.0 Å². The molecule has 1 fully saturated rings. The van der Waals surface area contributed by atoms with Crippen LogP contribution in [0.15, 0.2) is 30.3 Å². The first-order valence-corrected chi connectivity index (χ1v) is 10.5. The second-order valence-electron chi connectivity index (χ2n) is 8.33. The maximum Gasteiger partial charge on any atom is 0.249 e. The third-order valence-electron chi connectivity index (χ3n) is 5.90. The standard InChI is InChI=1S/C24H31N5O/c1-7-28(19-10-8-9-16(2)11-19)24(30)22-13-20(27(5)6)15-29(22)23-21(14-25)17(3)12-18(4)26-23/h8-12,20,22H,7,13,15H2,1-6H3/t20-,22-/m1/s1. The molecule has 0 aliphatic carbocycles. The van der Waals surface area contributed by atoms with Crippen LogP contribution in [0.2, 0.25) is 0 Å². The average molecular weight is 406 g/mol. The summed E-state index contributed by atoms with van der Waals surface area (Å²) in [4.78, 5) is 24.5. The Morgan fingerprint density at radius 1 is 1.27 bits per heavy atom. The minimum absolute atomic E-state index is 0.0531. The van der Waals surface area contributed by atoms with E-state index in [1.165, 1.54) is 0 Å². The van der Waals surface area contributed by atoms with E-state index in [9.17, 15) is 10.1 Å².